The molecule has 0 saturated heterocycles. The van der Waals surface area contributed by atoms with E-state index in [1.807, 2.05) is 24.3 Å². The standard InChI is InChI=1S/C23H23NO6/c1-14(23(26)17-13-24-18-8-6-5-7-16(17)18)30-22(25)10-9-15-11-20(28-3)21(29-4)12-19(15)27-2/h5-14,24H,1-4H3/b10-9+. The van der Waals surface area contributed by atoms with Crippen LogP contribution in [0.1, 0.15) is 22.8 Å². The number of fused-ring (bicyclic) bond motifs is 1. The first-order chi connectivity index (χ1) is 14.5. The van der Waals surface area contributed by atoms with Crippen LogP contribution < -0.4 is 14.2 Å². The molecule has 0 aliphatic carbocycles. The maximum atomic E-state index is 12.7. The van der Waals surface area contributed by atoms with Gasteiger partial charge in [0.2, 0.25) is 5.78 Å². The van der Waals surface area contributed by atoms with Crippen molar-refractivity contribution in [2.24, 2.45) is 0 Å². The number of methoxy groups -OCH3 is 3. The first-order valence-corrected chi connectivity index (χ1v) is 9.27. The molecule has 3 aromatic rings. The summed E-state index contributed by atoms with van der Waals surface area (Å²) in [6.07, 6.45) is 3.46. The Morgan fingerprint density at radius 3 is 2.33 bits per heavy atom. The van der Waals surface area contributed by atoms with E-state index in [4.69, 9.17) is 18.9 Å². The van der Waals surface area contributed by atoms with Crippen molar-refractivity contribution >= 4 is 28.7 Å². The number of Topliss-reactive ketones (excluding diaryl/α,β-unsaturated/α-hetero) is 1. The molecule has 1 aromatic heterocycles. The lowest BCUT2D eigenvalue weighted by Gasteiger charge is -2.12. The Morgan fingerprint density at radius 1 is 0.967 bits per heavy atom. The van der Waals surface area contributed by atoms with Crippen LogP contribution >= 0.6 is 0 Å². The highest BCUT2D eigenvalue weighted by Crippen LogP contribution is 2.35. The van der Waals surface area contributed by atoms with Crippen LogP contribution in [0.15, 0.2) is 48.7 Å². The van der Waals surface area contributed by atoms with Crippen LogP contribution in [-0.2, 0) is 9.53 Å². The molecule has 0 aliphatic heterocycles. The van der Waals surface area contributed by atoms with Gasteiger partial charge >= 0.3 is 5.97 Å². The number of ketones is 1. The van der Waals surface area contributed by atoms with Gasteiger partial charge in [-0.15, -0.1) is 0 Å². The van der Waals surface area contributed by atoms with Crippen LogP contribution in [0.3, 0.4) is 0 Å². The monoisotopic (exact) mass is 409 g/mol. The summed E-state index contributed by atoms with van der Waals surface area (Å²) in [7, 11) is 4.55. The molecule has 1 heterocycles. The van der Waals surface area contributed by atoms with Gasteiger partial charge in [-0.25, -0.2) is 4.79 Å². The Balaban J connectivity index is 1.73. The van der Waals surface area contributed by atoms with E-state index in [1.165, 1.54) is 33.5 Å². The minimum atomic E-state index is -0.936. The molecule has 7 nitrogen and oxygen atoms in total. The van der Waals surface area contributed by atoms with Crippen molar-refractivity contribution < 1.29 is 28.5 Å². The Labute approximate surface area is 174 Å². The van der Waals surface area contributed by atoms with E-state index in [0.29, 0.717) is 28.4 Å². The topological polar surface area (TPSA) is 86.8 Å². The maximum Gasteiger partial charge on any atom is 0.331 e. The number of aromatic nitrogens is 1. The molecule has 30 heavy (non-hydrogen) atoms. The van der Waals surface area contributed by atoms with E-state index in [2.05, 4.69) is 4.98 Å². The van der Waals surface area contributed by atoms with Gasteiger partial charge in [0.1, 0.15) is 5.75 Å². The zero-order valence-corrected chi connectivity index (χ0v) is 17.2. The number of rotatable bonds is 8. The van der Waals surface area contributed by atoms with Crippen molar-refractivity contribution in [1.82, 2.24) is 4.98 Å². The zero-order valence-electron chi connectivity index (χ0n) is 17.2. The smallest absolute Gasteiger partial charge is 0.331 e. The quantitative estimate of drug-likeness (QED) is 0.344. The highest BCUT2D eigenvalue weighted by atomic mass is 16.5. The summed E-state index contributed by atoms with van der Waals surface area (Å²) >= 11 is 0. The summed E-state index contributed by atoms with van der Waals surface area (Å²) in [5, 5.41) is 0.788. The maximum absolute atomic E-state index is 12.7. The van der Waals surface area contributed by atoms with Gasteiger partial charge in [-0.3, -0.25) is 4.79 Å². The van der Waals surface area contributed by atoms with Crippen LogP contribution in [0.2, 0.25) is 0 Å². The number of esters is 1. The molecule has 3 rings (SSSR count). The summed E-state index contributed by atoms with van der Waals surface area (Å²) < 4.78 is 21.1. The number of hydrogen-bond donors (Lipinski definition) is 1. The molecule has 0 spiro atoms. The highest BCUT2D eigenvalue weighted by molar-refractivity contribution is 6.10. The SMILES string of the molecule is COc1cc(OC)c(OC)cc1/C=C/C(=O)OC(C)C(=O)c1c[nH]c2ccccc12. The van der Waals surface area contributed by atoms with Crippen LogP contribution in [0, 0.1) is 0 Å². The zero-order chi connectivity index (χ0) is 21.7. The third-order valence-electron chi connectivity index (χ3n) is 4.65. The number of para-hydroxylation sites is 1. The predicted octanol–water partition coefficient (Wildman–Crippen LogP) is 4.02. The second kappa shape index (κ2) is 9.17. The van der Waals surface area contributed by atoms with Gasteiger partial charge < -0.3 is 23.9 Å². The number of benzene rings is 2. The van der Waals surface area contributed by atoms with E-state index in [9.17, 15) is 9.59 Å². The average Bonchev–Trinajstić information content (AvgIpc) is 3.20. The van der Waals surface area contributed by atoms with Crippen LogP contribution in [0.4, 0.5) is 0 Å². The van der Waals surface area contributed by atoms with Crippen molar-refractivity contribution in [3.63, 3.8) is 0 Å². The van der Waals surface area contributed by atoms with Crippen LogP contribution in [0.5, 0.6) is 17.2 Å². The van der Waals surface area contributed by atoms with E-state index in [1.54, 1.807) is 25.3 Å². The number of carbonyl (C=O) groups excluding carboxylic acids is 2. The third kappa shape index (κ3) is 4.30. The van der Waals surface area contributed by atoms with E-state index in [-0.39, 0.29) is 5.78 Å². The van der Waals surface area contributed by atoms with Crippen molar-refractivity contribution in [3.05, 3.63) is 59.8 Å². The molecule has 1 N–H and O–H groups in total. The molecule has 1 unspecified atom stereocenters. The van der Waals surface area contributed by atoms with Crippen LogP contribution in [0.25, 0.3) is 17.0 Å². The first-order valence-electron chi connectivity index (χ1n) is 9.27. The number of aromatic amines is 1. The van der Waals surface area contributed by atoms with Crippen molar-refractivity contribution in [2.75, 3.05) is 21.3 Å². The molecule has 2 aromatic carbocycles. The normalized spacial score (nSPS) is 12.0. The minimum absolute atomic E-state index is 0.280. The van der Waals surface area contributed by atoms with E-state index in [0.717, 1.165) is 10.9 Å². The number of hydrogen-bond acceptors (Lipinski definition) is 6. The van der Waals surface area contributed by atoms with Gasteiger partial charge in [-0.05, 0) is 25.1 Å². The van der Waals surface area contributed by atoms with Gasteiger partial charge in [0, 0.05) is 40.4 Å². The van der Waals surface area contributed by atoms with Crippen molar-refractivity contribution in [3.8, 4) is 17.2 Å². The molecule has 0 fully saturated rings. The van der Waals surface area contributed by atoms with Gasteiger partial charge in [-0.1, -0.05) is 18.2 Å². The third-order valence-corrected chi connectivity index (χ3v) is 4.65. The van der Waals surface area contributed by atoms with Crippen LogP contribution in [-0.4, -0.2) is 44.2 Å². The predicted molar refractivity (Wildman–Crippen MR) is 113 cm³/mol. The molecule has 0 amide bonds. The van der Waals surface area contributed by atoms with Crippen molar-refractivity contribution in [2.45, 2.75) is 13.0 Å². The summed E-state index contributed by atoms with van der Waals surface area (Å²) in [5.41, 5.74) is 1.93. The molecule has 7 heteroatoms. The fourth-order valence-electron chi connectivity index (χ4n) is 3.10. The number of H-pyrrole nitrogens is 1. The fourth-order valence-corrected chi connectivity index (χ4v) is 3.10. The lowest BCUT2D eigenvalue weighted by Crippen LogP contribution is -2.23. The van der Waals surface area contributed by atoms with Gasteiger partial charge in [0.25, 0.3) is 0 Å². The lowest BCUT2D eigenvalue weighted by atomic mass is 10.1. The Kier molecular flexibility index (Phi) is 6.41. The van der Waals surface area contributed by atoms with E-state index >= 15 is 0 Å². The molecular weight excluding hydrogens is 386 g/mol. The number of nitrogens with one attached hydrogen (secondary N) is 1. The average molecular weight is 409 g/mol. The summed E-state index contributed by atoms with van der Waals surface area (Å²) in [6.45, 7) is 1.55. The van der Waals surface area contributed by atoms with Gasteiger partial charge in [0.15, 0.2) is 17.6 Å². The molecule has 0 bridgehead atoms. The molecule has 1 atom stereocenters. The largest absolute Gasteiger partial charge is 0.496 e. The van der Waals surface area contributed by atoms with Gasteiger partial charge in [0.05, 0.1) is 21.3 Å². The Bertz CT molecular complexity index is 1100. The molecule has 156 valence electrons. The molecular formula is C23H23NO6. The summed E-state index contributed by atoms with van der Waals surface area (Å²) in [4.78, 5) is 28.0. The molecule has 0 saturated carbocycles. The second-order valence-electron chi connectivity index (χ2n) is 6.47. The molecule has 0 radical (unpaired) electrons. The summed E-state index contributed by atoms with van der Waals surface area (Å²) in [6, 6.07) is 10.8. The molecule has 0 aliphatic rings. The Morgan fingerprint density at radius 2 is 1.63 bits per heavy atom. The van der Waals surface area contributed by atoms with Gasteiger partial charge in [-0.2, -0.15) is 0 Å². The minimum Gasteiger partial charge on any atom is -0.496 e. The number of carbonyl (C=O) groups is 2. The number of ether oxygens (including phenoxy) is 4. The highest BCUT2D eigenvalue weighted by Gasteiger charge is 2.21. The van der Waals surface area contributed by atoms with Crippen molar-refractivity contribution in [1.29, 1.82) is 0 Å². The van der Waals surface area contributed by atoms with E-state index < -0.39 is 12.1 Å². The summed E-state index contributed by atoms with van der Waals surface area (Å²) in [5.74, 6) is 0.575. The fraction of sp³-hybridized carbons (Fsp3) is 0.217. The lowest BCUT2D eigenvalue weighted by molar-refractivity contribution is -0.140. The Hall–Kier alpha value is -3.74. The first kappa shape index (κ1) is 21.0. The second-order valence-corrected chi connectivity index (χ2v) is 6.47.